The fraction of sp³-hybridized carbons (Fsp3) is 0.333. The van der Waals surface area contributed by atoms with Crippen LogP contribution in [0.4, 0.5) is 5.69 Å². The third-order valence-corrected chi connectivity index (χ3v) is 5.93. The highest BCUT2D eigenvalue weighted by Crippen LogP contribution is 2.34. The van der Waals surface area contributed by atoms with Crippen LogP contribution in [0.25, 0.3) is 28.2 Å². The minimum absolute atomic E-state index is 0.0823. The minimum Gasteiger partial charge on any atom is -0.382 e. The number of nitrogens with zero attached hydrogens (tertiary/aromatic N) is 7. The molecule has 5 rings (SSSR count). The zero-order valence-electron chi connectivity index (χ0n) is 19.2. The van der Waals surface area contributed by atoms with E-state index in [4.69, 9.17) is 9.78 Å². The highest BCUT2D eigenvalue weighted by Gasteiger charge is 2.28. The van der Waals surface area contributed by atoms with Crippen molar-refractivity contribution in [2.45, 2.75) is 39.2 Å². The molecule has 5 heterocycles. The monoisotopic (exact) mass is 456 g/mol. The molecule has 1 aliphatic rings. The Morgan fingerprint density at radius 3 is 2.82 bits per heavy atom. The number of anilines is 1. The number of amides is 1. The Hall–Kier alpha value is -4.26. The van der Waals surface area contributed by atoms with Gasteiger partial charge in [0.2, 0.25) is 5.91 Å². The first-order chi connectivity index (χ1) is 16.4. The van der Waals surface area contributed by atoms with Crippen LogP contribution in [0.5, 0.6) is 0 Å². The first kappa shape index (κ1) is 21.6. The van der Waals surface area contributed by atoms with Gasteiger partial charge in [0.05, 0.1) is 28.7 Å². The summed E-state index contributed by atoms with van der Waals surface area (Å²) in [6.45, 7) is 7.09. The molecule has 1 saturated heterocycles. The van der Waals surface area contributed by atoms with Gasteiger partial charge in [-0.05, 0) is 26.3 Å². The summed E-state index contributed by atoms with van der Waals surface area (Å²) in [4.78, 5) is 22.5. The number of nitriles is 1. The van der Waals surface area contributed by atoms with Crippen LogP contribution in [0.1, 0.15) is 44.4 Å². The molecule has 1 N–H and O–H groups in total. The van der Waals surface area contributed by atoms with E-state index in [2.05, 4.69) is 45.5 Å². The Labute approximate surface area is 196 Å². The van der Waals surface area contributed by atoms with Gasteiger partial charge in [-0.15, -0.1) is 0 Å². The second kappa shape index (κ2) is 8.59. The van der Waals surface area contributed by atoms with E-state index < -0.39 is 0 Å². The molecule has 1 fully saturated rings. The highest BCUT2D eigenvalue weighted by molar-refractivity contribution is 5.79. The summed E-state index contributed by atoms with van der Waals surface area (Å²) in [7, 11) is 0. The Morgan fingerprint density at radius 1 is 1.24 bits per heavy atom. The SMILES string of the molecule is CC(=O)N1CCC(c2cc(-c3cnc(-n4ncc5cc(C#N)cnc54)cc3NC(C)C)on2)C1. The number of pyridine rings is 2. The first-order valence-electron chi connectivity index (χ1n) is 11.2. The molecule has 1 atom stereocenters. The van der Waals surface area contributed by atoms with Gasteiger partial charge in [-0.2, -0.15) is 15.0 Å². The van der Waals surface area contributed by atoms with E-state index in [9.17, 15) is 4.79 Å². The summed E-state index contributed by atoms with van der Waals surface area (Å²) in [5, 5.41) is 22.1. The molecule has 34 heavy (non-hydrogen) atoms. The Morgan fingerprint density at radius 2 is 2.09 bits per heavy atom. The third-order valence-electron chi connectivity index (χ3n) is 5.93. The Kier molecular flexibility index (Phi) is 5.45. The van der Waals surface area contributed by atoms with E-state index in [1.54, 1.807) is 30.1 Å². The zero-order chi connectivity index (χ0) is 23.8. The van der Waals surface area contributed by atoms with E-state index in [1.165, 1.54) is 6.20 Å². The van der Waals surface area contributed by atoms with Crippen LogP contribution >= 0.6 is 0 Å². The van der Waals surface area contributed by atoms with Crippen molar-refractivity contribution in [2.24, 2.45) is 0 Å². The maximum atomic E-state index is 11.7. The van der Waals surface area contributed by atoms with E-state index in [0.717, 1.165) is 35.3 Å². The molecular weight excluding hydrogens is 432 g/mol. The van der Waals surface area contributed by atoms with Crippen LogP contribution in [0.3, 0.4) is 0 Å². The lowest BCUT2D eigenvalue weighted by atomic mass is 10.0. The normalized spacial score (nSPS) is 15.7. The lowest BCUT2D eigenvalue weighted by Crippen LogP contribution is -2.25. The fourth-order valence-electron chi connectivity index (χ4n) is 4.23. The molecule has 10 heteroatoms. The standard InChI is InChI=1S/C24H24N8O2/c1-14(2)29-21-8-23(32-24-18(11-28-32)6-16(9-25)10-27-24)26-12-19(21)22-7-20(30-34-22)17-4-5-31(13-17)15(3)33/h6-8,10-12,14,17H,4-5,13H2,1-3H3,(H,26,29). The van der Waals surface area contributed by atoms with Crippen molar-refractivity contribution in [1.82, 2.24) is 29.8 Å². The molecule has 0 saturated carbocycles. The number of hydrogen-bond donors (Lipinski definition) is 1. The molecule has 0 radical (unpaired) electrons. The van der Waals surface area contributed by atoms with E-state index in [0.29, 0.717) is 29.3 Å². The van der Waals surface area contributed by atoms with Crippen molar-refractivity contribution in [3.05, 3.63) is 48.0 Å². The lowest BCUT2D eigenvalue weighted by molar-refractivity contribution is -0.127. The van der Waals surface area contributed by atoms with Crippen LogP contribution in [-0.4, -0.2) is 54.8 Å². The van der Waals surface area contributed by atoms with Gasteiger partial charge in [-0.3, -0.25) is 4.79 Å². The number of aromatic nitrogens is 5. The van der Waals surface area contributed by atoms with Crippen molar-refractivity contribution in [3.8, 4) is 23.2 Å². The summed E-state index contributed by atoms with van der Waals surface area (Å²) in [6, 6.07) is 7.85. The first-order valence-corrected chi connectivity index (χ1v) is 11.2. The van der Waals surface area contributed by atoms with Crippen LogP contribution in [0.15, 0.2) is 41.3 Å². The maximum Gasteiger partial charge on any atom is 0.219 e. The van der Waals surface area contributed by atoms with Gasteiger partial charge in [0.15, 0.2) is 17.2 Å². The molecule has 0 aliphatic carbocycles. The van der Waals surface area contributed by atoms with Crippen molar-refractivity contribution in [3.63, 3.8) is 0 Å². The van der Waals surface area contributed by atoms with Crippen LogP contribution in [0.2, 0.25) is 0 Å². The van der Waals surface area contributed by atoms with Crippen molar-refractivity contribution >= 4 is 22.6 Å². The number of rotatable bonds is 5. The van der Waals surface area contributed by atoms with Gasteiger partial charge in [-0.1, -0.05) is 5.16 Å². The molecule has 1 amide bonds. The number of hydrogen-bond acceptors (Lipinski definition) is 8. The Bertz CT molecular complexity index is 1410. The van der Waals surface area contributed by atoms with Gasteiger partial charge in [0, 0.05) is 61.9 Å². The summed E-state index contributed by atoms with van der Waals surface area (Å²) in [6.07, 6.45) is 5.79. The van der Waals surface area contributed by atoms with E-state index in [-0.39, 0.29) is 17.9 Å². The predicted octanol–water partition coefficient (Wildman–Crippen LogP) is 3.50. The van der Waals surface area contributed by atoms with Gasteiger partial charge >= 0.3 is 0 Å². The number of carbonyl (C=O) groups is 1. The molecule has 1 aliphatic heterocycles. The zero-order valence-corrected chi connectivity index (χ0v) is 19.2. The molecule has 10 nitrogen and oxygen atoms in total. The van der Waals surface area contributed by atoms with Gasteiger partial charge in [-0.25, -0.2) is 9.97 Å². The molecule has 1 unspecified atom stereocenters. The summed E-state index contributed by atoms with van der Waals surface area (Å²) < 4.78 is 7.35. The smallest absolute Gasteiger partial charge is 0.219 e. The number of carbonyl (C=O) groups excluding carboxylic acids is 1. The van der Waals surface area contributed by atoms with Crippen molar-refractivity contribution in [1.29, 1.82) is 5.26 Å². The van der Waals surface area contributed by atoms with Crippen LogP contribution < -0.4 is 5.32 Å². The lowest BCUT2D eigenvalue weighted by Gasteiger charge is -2.14. The molecule has 172 valence electrons. The molecule has 0 bridgehead atoms. The largest absolute Gasteiger partial charge is 0.382 e. The summed E-state index contributed by atoms with van der Waals surface area (Å²) >= 11 is 0. The molecule has 4 aromatic rings. The quantitative estimate of drug-likeness (QED) is 0.484. The van der Waals surface area contributed by atoms with E-state index in [1.807, 2.05) is 17.0 Å². The highest BCUT2D eigenvalue weighted by atomic mass is 16.5. The van der Waals surface area contributed by atoms with Crippen molar-refractivity contribution < 1.29 is 9.32 Å². The molecule has 0 spiro atoms. The maximum absolute atomic E-state index is 11.7. The third kappa shape index (κ3) is 3.96. The molecule has 4 aromatic heterocycles. The fourth-order valence-corrected chi connectivity index (χ4v) is 4.23. The average Bonchev–Trinajstić information content (AvgIpc) is 3.57. The van der Waals surface area contributed by atoms with Crippen LogP contribution in [0, 0.1) is 11.3 Å². The number of likely N-dealkylation sites (tertiary alicyclic amines) is 1. The predicted molar refractivity (Wildman–Crippen MR) is 125 cm³/mol. The second-order valence-electron chi connectivity index (χ2n) is 8.76. The minimum atomic E-state index is 0.0823. The summed E-state index contributed by atoms with van der Waals surface area (Å²) in [5.41, 5.74) is 3.56. The van der Waals surface area contributed by atoms with Crippen molar-refractivity contribution in [2.75, 3.05) is 18.4 Å². The van der Waals surface area contributed by atoms with Gasteiger partial charge in [0.25, 0.3) is 0 Å². The van der Waals surface area contributed by atoms with E-state index >= 15 is 0 Å². The summed E-state index contributed by atoms with van der Waals surface area (Å²) in [5.74, 6) is 1.45. The van der Waals surface area contributed by atoms with Gasteiger partial charge in [0.1, 0.15) is 6.07 Å². The topological polar surface area (TPSA) is 126 Å². The molecular formula is C24H24N8O2. The Balaban J connectivity index is 1.49. The average molecular weight is 457 g/mol. The number of fused-ring (bicyclic) bond motifs is 1. The second-order valence-corrected chi connectivity index (χ2v) is 8.76. The van der Waals surface area contributed by atoms with Gasteiger partial charge < -0.3 is 14.7 Å². The number of nitrogens with one attached hydrogen (secondary N) is 1. The molecule has 0 aromatic carbocycles. The van der Waals surface area contributed by atoms with Crippen LogP contribution in [-0.2, 0) is 4.79 Å².